The third-order valence-electron chi connectivity index (χ3n) is 3.03. The number of nitrogens with one attached hydrogen (secondary N) is 2. The summed E-state index contributed by atoms with van der Waals surface area (Å²) in [6, 6.07) is 7.43. The van der Waals surface area contributed by atoms with Crippen LogP contribution in [0.3, 0.4) is 0 Å². The molecule has 1 rings (SSSR count). The van der Waals surface area contributed by atoms with Crippen LogP contribution in [0, 0.1) is 5.92 Å². The minimum atomic E-state index is -0.524. The van der Waals surface area contributed by atoms with Gasteiger partial charge in [0, 0.05) is 0 Å². The molecule has 0 heterocycles. The van der Waals surface area contributed by atoms with E-state index in [1.807, 2.05) is 69.4 Å². The molecular formula is C16H22I2N2O3. The van der Waals surface area contributed by atoms with E-state index in [4.69, 9.17) is 4.74 Å². The summed E-state index contributed by atoms with van der Waals surface area (Å²) >= 11 is 3.98. The third kappa shape index (κ3) is 8.18. The van der Waals surface area contributed by atoms with Crippen LogP contribution in [0.25, 0.3) is 0 Å². The molecule has 0 saturated heterocycles. The van der Waals surface area contributed by atoms with Crippen LogP contribution in [0.2, 0.25) is 0 Å². The third-order valence-corrected chi connectivity index (χ3v) is 4.42. The van der Waals surface area contributed by atoms with Crippen LogP contribution in [-0.2, 0) is 9.59 Å². The maximum Gasteiger partial charge on any atom is 0.231 e. The Labute approximate surface area is 164 Å². The minimum absolute atomic E-state index is 0.124. The molecule has 0 unspecified atom stereocenters. The molecule has 5 nitrogen and oxygen atoms in total. The largest absolute Gasteiger partial charge is 0.494 e. The molecule has 0 atom stereocenters. The zero-order chi connectivity index (χ0) is 17.2. The molecule has 2 amide bonds. The molecule has 0 aliphatic heterocycles. The topological polar surface area (TPSA) is 67.4 Å². The Morgan fingerprint density at radius 2 is 1.57 bits per heavy atom. The highest BCUT2D eigenvalue weighted by atomic mass is 127. The fourth-order valence-corrected chi connectivity index (χ4v) is 2.21. The average molecular weight is 544 g/mol. The van der Waals surface area contributed by atoms with Crippen LogP contribution < -0.4 is 15.4 Å². The lowest BCUT2D eigenvalue weighted by Gasteiger charge is -2.20. The lowest BCUT2D eigenvalue weighted by atomic mass is 10.1. The van der Waals surface area contributed by atoms with Gasteiger partial charge in [-0.1, -0.05) is 71.2 Å². The van der Waals surface area contributed by atoms with Crippen LogP contribution in [0.4, 0.5) is 0 Å². The number of benzene rings is 1. The van der Waals surface area contributed by atoms with Gasteiger partial charge < -0.3 is 15.4 Å². The smallest absolute Gasteiger partial charge is 0.231 e. The first-order chi connectivity index (χ1) is 11.0. The lowest BCUT2D eigenvalue weighted by Crippen LogP contribution is -2.41. The van der Waals surface area contributed by atoms with Crippen molar-refractivity contribution in [2.75, 3.05) is 15.5 Å². The van der Waals surface area contributed by atoms with Crippen molar-refractivity contribution in [1.29, 1.82) is 0 Å². The fraction of sp³-hybridized carbons (Fsp3) is 0.500. The van der Waals surface area contributed by atoms with Crippen molar-refractivity contribution in [2.24, 2.45) is 5.92 Å². The van der Waals surface area contributed by atoms with E-state index in [0.29, 0.717) is 21.4 Å². The summed E-state index contributed by atoms with van der Waals surface area (Å²) in [7, 11) is 0. The Morgan fingerprint density at radius 1 is 1.04 bits per heavy atom. The molecular weight excluding hydrogens is 522 g/mol. The molecule has 7 heteroatoms. The summed E-state index contributed by atoms with van der Waals surface area (Å²) < 4.78 is 6.36. The molecule has 0 bridgehead atoms. The molecule has 128 valence electrons. The van der Waals surface area contributed by atoms with E-state index >= 15 is 0 Å². The van der Waals surface area contributed by atoms with E-state index in [9.17, 15) is 9.59 Å². The summed E-state index contributed by atoms with van der Waals surface area (Å²) in [5, 5.41) is 5.61. The summed E-state index contributed by atoms with van der Waals surface area (Å²) in [6.07, 6.45) is 0.478. The molecule has 2 N–H and O–H groups in total. The Kier molecular flexibility index (Phi) is 9.84. The number of amides is 2. The lowest BCUT2D eigenvalue weighted by molar-refractivity contribution is -0.121. The number of rotatable bonds is 9. The van der Waals surface area contributed by atoms with E-state index in [2.05, 4.69) is 24.5 Å². The zero-order valence-corrected chi connectivity index (χ0v) is 17.6. The second-order valence-electron chi connectivity index (χ2n) is 5.44. The first kappa shape index (κ1) is 20.5. The van der Waals surface area contributed by atoms with Gasteiger partial charge in [0.05, 0.1) is 15.5 Å². The molecule has 0 spiro atoms. The maximum atomic E-state index is 11.6. The quantitative estimate of drug-likeness (QED) is 0.285. The number of carbonyl (C=O) groups is 2. The predicted molar refractivity (Wildman–Crippen MR) is 108 cm³/mol. The van der Waals surface area contributed by atoms with Crippen molar-refractivity contribution in [3.63, 3.8) is 0 Å². The van der Waals surface area contributed by atoms with Crippen molar-refractivity contribution in [1.82, 2.24) is 10.6 Å². The summed E-state index contributed by atoms with van der Waals surface area (Å²) in [4.78, 5) is 23.3. The molecule has 0 aliphatic rings. The van der Waals surface area contributed by atoms with Gasteiger partial charge in [-0.2, -0.15) is 0 Å². The number of hydrogen-bond donors (Lipinski definition) is 2. The number of halogens is 2. The van der Waals surface area contributed by atoms with Gasteiger partial charge in [0.2, 0.25) is 11.8 Å². The molecule has 0 fully saturated rings. The van der Waals surface area contributed by atoms with Crippen molar-refractivity contribution in [3.8, 4) is 5.75 Å². The highest BCUT2D eigenvalue weighted by Gasteiger charge is 2.16. The molecule has 0 aromatic heterocycles. The number of carbonyl (C=O) groups excluding carboxylic acids is 2. The van der Waals surface area contributed by atoms with E-state index in [1.54, 1.807) is 0 Å². The van der Waals surface area contributed by atoms with Crippen LogP contribution in [0.1, 0.15) is 32.0 Å². The number of hydrogen-bond acceptors (Lipinski definition) is 3. The summed E-state index contributed by atoms with van der Waals surface area (Å²) in [5.74, 6) is 1.14. The Morgan fingerprint density at radius 3 is 2.00 bits per heavy atom. The van der Waals surface area contributed by atoms with Gasteiger partial charge in [0.1, 0.15) is 11.9 Å². The second kappa shape index (κ2) is 11.1. The van der Waals surface area contributed by atoms with Gasteiger partial charge in [0.25, 0.3) is 0 Å². The highest BCUT2D eigenvalue weighted by Crippen LogP contribution is 2.17. The fourth-order valence-electron chi connectivity index (χ4n) is 1.77. The van der Waals surface area contributed by atoms with Crippen molar-refractivity contribution in [3.05, 3.63) is 29.8 Å². The Bertz CT molecular complexity index is 489. The zero-order valence-electron chi connectivity index (χ0n) is 13.3. The van der Waals surface area contributed by atoms with E-state index in [0.717, 1.165) is 17.7 Å². The molecule has 1 aromatic carbocycles. The van der Waals surface area contributed by atoms with Crippen LogP contribution in [-0.4, -0.2) is 27.3 Å². The summed E-state index contributed by atoms with van der Waals surface area (Å²) in [6.45, 7) is 4.99. The number of ether oxygens (including phenoxy) is 1. The first-order valence-corrected chi connectivity index (χ1v) is 10.4. The monoisotopic (exact) mass is 544 g/mol. The van der Waals surface area contributed by atoms with Crippen LogP contribution in [0.15, 0.2) is 24.3 Å². The molecule has 1 aromatic rings. The predicted octanol–water partition coefficient (Wildman–Crippen LogP) is 3.21. The van der Waals surface area contributed by atoms with Crippen LogP contribution in [0.5, 0.6) is 5.75 Å². The average Bonchev–Trinajstić information content (AvgIpc) is 2.54. The van der Waals surface area contributed by atoms with Crippen molar-refractivity contribution in [2.45, 2.75) is 26.4 Å². The van der Waals surface area contributed by atoms with Gasteiger partial charge in [0.15, 0.2) is 0 Å². The normalized spacial score (nSPS) is 10.7. The van der Waals surface area contributed by atoms with Gasteiger partial charge in [-0.05, 0) is 30.0 Å². The SMILES string of the molecule is CC(C)CCOc1ccc(C(NC(=O)CI)NC(=O)CI)cc1. The van der Waals surface area contributed by atoms with Gasteiger partial charge >= 0.3 is 0 Å². The van der Waals surface area contributed by atoms with Gasteiger partial charge in [-0.25, -0.2) is 0 Å². The second-order valence-corrected chi connectivity index (χ2v) is 6.96. The van der Waals surface area contributed by atoms with E-state index < -0.39 is 6.17 Å². The highest BCUT2D eigenvalue weighted by molar-refractivity contribution is 14.1. The van der Waals surface area contributed by atoms with Gasteiger partial charge in [-0.15, -0.1) is 0 Å². The number of alkyl halides is 2. The maximum absolute atomic E-state index is 11.6. The first-order valence-electron chi connectivity index (χ1n) is 7.39. The molecule has 0 radical (unpaired) electrons. The Hall–Kier alpha value is -0.580. The van der Waals surface area contributed by atoms with Gasteiger partial charge in [-0.3, -0.25) is 9.59 Å². The van der Waals surface area contributed by atoms with Crippen LogP contribution >= 0.6 is 45.2 Å². The molecule has 0 aliphatic carbocycles. The van der Waals surface area contributed by atoms with Crippen molar-refractivity contribution >= 4 is 57.0 Å². The minimum Gasteiger partial charge on any atom is -0.494 e. The van der Waals surface area contributed by atoms with E-state index in [-0.39, 0.29) is 11.8 Å². The Balaban J connectivity index is 2.73. The van der Waals surface area contributed by atoms with E-state index in [1.165, 1.54) is 0 Å². The molecule has 0 saturated carbocycles. The standard InChI is InChI=1S/C16H22I2N2O3/c1-11(2)7-8-23-13-5-3-12(4-6-13)16(19-14(21)9-17)20-15(22)10-18/h3-6,11,16H,7-10H2,1-2H3,(H,19,21)(H,20,22). The van der Waals surface area contributed by atoms with Crippen molar-refractivity contribution < 1.29 is 14.3 Å². The molecule has 23 heavy (non-hydrogen) atoms. The summed E-state index contributed by atoms with van der Waals surface area (Å²) in [5.41, 5.74) is 0.817.